The summed E-state index contributed by atoms with van der Waals surface area (Å²) in [5.74, 6) is 5.66. The van der Waals surface area contributed by atoms with Crippen molar-refractivity contribution in [3.8, 4) is 34.5 Å². The van der Waals surface area contributed by atoms with Gasteiger partial charge in [0.25, 0.3) is 0 Å². The fourth-order valence-corrected chi connectivity index (χ4v) is 18.2. The number of benzene rings is 15. The highest BCUT2D eigenvalue weighted by atomic mass is 16.5. The quantitative estimate of drug-likeness (QED) is 0.0215. The zero-order valence-electron chi connectivity index (χ0n) is 83.5. The molecule has 0 spiro atoms. The highest BCUT2D eigenvalue weighted by molar-refractivity contribution is 6.17. The number of hydrogen-bond acceptors (Lipinski definition) is 6. The van der Waals surface area contributed by atoms with Crippen LogP contribution in [0.3, 0.4) is 0 Å². The van der Waals surface area contributed by atoms with Crippen LogP contribution in [0.1, 0.15) is 301 Å². The van der Waals surface area contributed by atoms with E-state index in [9.17, 15) is 0 Å². The second-order valence-corrected chi connectivity index (χ2v) is 36.7. The lowest BCUT2D eigenvalue weighted by Gasteiger charge is -2.13. The zero-order valence-corrected chi connectivity index (χ0v) is 83.5. The number of ether oxygens (including phenoxy) is 6. The maximum atomic E-state index is 5.99. The molecule has 6 nitrogen and oxygen atoms in total. The van der Waals surface area contributed by atoms with Crippen molar-refractivity contribution in [1.29, 1.82) is 0 Å². The standard InChI is InChI=1S/3C44H50O2/c3*1-3-5-7-9-15-33-45-37-27-21-35(22-28-37)25-31-43-39-17-11-13-19-41(39)44(42-20-14-12-18-40(42)43)32-26-36-23-29-38(30-24-36)46-34-16-10-8-6-4-2/h3*11-14,17-32H,3-10,15-16,33-34H2,1-2H3/b3*31-25+,32-26+. The van der Waals surface area contributed by atoms with Crippen LogP contribution in [0.5, 0.6) is 34.5 Å². The predicted octanol–water partition coefficient (Wildman–Crippen LogP) is 39.1. The summed E-state index contributed by atoms with van der Waals surface area (Å²) in [6.07, 6.45) is 64.4. The summed E-state index contributed by atoms with van der Waals surface area (Å²) >= 11 is 0. The van der Waals surface area contributed by atoms with Gasteiger partial charge in [-0.25, -0.2) is 0 Å². The highest BCUT2D eigenvalue weighted by Gasteiger charge is 2.16. The Morgan fingerprint density at radius 1 is 0.130 bits per heavy atom. The van der Waals surface area contributed by atoms with Gasteiger partial charge in [-0.2, -0.15) is 0 Å². The molecule has 0 saturated carbocycles. The van der Waals surface area contributed by atoms with Gasteiger partial charge in [0.1, 0.15) is 34.5 Å². The van der Waals surface area contributed by atoms with Gasteiger partial charge in [-0.15, -0.1) is 0 Å². The first kappa shape index (κ1) is 103. The summed E-state index contributed by atoms with van der Waals surface area (Å²) in [4.78, 5) is 0. The first-order chi connectivity index (χ1) is 68.3. The van der Waals surface area contributed by atoms with Gasteiger partial charge in [-0.1, -0.05) is 487 Å². The van der Waals surface area contributed by atoms with E-state index in [1.807, 2.05) is 0 Å². The maximum absolute atomic E-state index is 5.99. The van der Waals surface area contributed by atoms with E-state index in [1.165, 1.54) is 252 Å². The monoisotopic (exact) mass is 1830 g/mol. The Morgan fingerprint density at radius 2 is 0.246 bits per heavy atom. The zero-order chi connectivity index (χ0) is 95.4. The molecule has 6 heteroatoms. The van der Waals surface area contributed by atoms with Crippen molar-refractivity contribution in [2.24, 2.45) is 0 Å². The van der Waals surface area contributed by atoms with E-state index in [4.69, 9.17) is 28.4 Å². The van der Waals surface area contributed by atoms with Crippen molar-refractivity contribution in [3.05, 3.63) is 358 Å². The second kappa shape index (κ2) is 58.6. The van der Waals surface area contributed by atoms with Gasteiger partial charge in [0.05, 0.1) is 39.6 Å². The molecule has 0 unspecified atom stereocenters. The van der Waals surface area contributed by atoms with E-state index >= 15 is 0 Å². The van der Waals surface area contributed by atoms with Crippen LogP contribution >= 0.6 is 0 Å². The Balaban J connectivity index is 0.000000175. The van der Waals surface area contributed by atoms with E-state index < -0.39 is 0 Å². The van der Waals surface area contributed by atoms with Gasteiger partial charge in [0, 0.05) is 0 Å². The molecule has 0 aliphatic carbocycles. The van der Waals surface area contributed by atoms with E-state index in [1.54, 1.807) is 0 Å². The molecule has 0 bridgehead atoms. The van der Waals surface area contributed by atoms with Crippen molar-refractivity contribution >= 4 is 138 Å². The number of hydrogen-bond donors (Lipinski definition) is 0. The van der Waals surface area contributed by atoms with Crippen LogP contribution in [0.25, 0.3) is 138 Å². The molecule has 0 atom stereocenters. The average Bonchev–Trinajstić information content (AvgIpc) is 0.763. The summed E-state index contributed by atoms with van der Waals surface area (Å²) in [6.45, 7) is 18.2. The molecule has 0 radical (unpaired) electrons. The molecular formula is C132H150O6. The van der Waals surface area contributed by atoms with Crippen molar-refractivity contribution in [1.82, 2.24) is 0 Å². The van der Waals surface area contributed by atoms with Crippen molar-refractivity contribution in [3.63, 3.8) is 0 Å². The molecule has 0 aromatic heterocycles. The van der Waals surface area contributed by atoms with E-state index in [2.05, 4.69) is 406 Å². The molecule has 15 aromatic carbocycles. The fourth-order valence-electron chi connectivity index (χ4n) is 18.2. The normalized spacial score (nSPS) is 11.7. The Bertz CT molecular complexity index is 5140. The summed E-state index contributed by atoms with van der Waals surface area (Å²) < 4.78 is 35.9. The van der Waals surface area contributed by atoms with Crippen LogP contribution in [0, 0.1) is 0 Å². The minimum atomic E-state index is 0.788. The van der Waals surface area contributed by atoms with Crippen LogP contribution in [0.2, 0.25) is 0 Å². The third-order valence-electron chi connectivity index (χ3n) is 26.1. The third kappa shape index (κ3) is 32.1. The van der Waals surface area contributed by atoms with E-state index in [-0.39, 0.29) is 0 Å². The van der Waals surface area contributed by atoms with Crippen LogP contribution in [-0.2, 0) is 0 Å². The lowest BCUT2D eigenvalue weighted by molar-refractivity contribution is 0.304. The van der Waals surface area contributed by atoms with Crippen LogP contribution in [0.4, 0.5) is 0 Å². The summed E-state index contributed by atoms with van der Waals surface area (Å²) in [5, 5.41) is 15.0. The van der Waals surface area contributed by atoms with Gasteiger partial charge >= 0.3 is 0 Å². The van der Waals surface area contributed by atoms with Crippen molar-refractivity contribution in [2.45, 2.75) is 234 Å². The Kier molecular flexibility index (Phi) is 43.5. The van der Waals surface area contributed by atoms with Gasteiger partial charge in [0.15, 0.2) is 0 Å². The molecule has 15 rings (SSSR count). The largest absolute Gasteiger partial charge is 0.494 e. The van der Waals surface area contributed by atoms with Crippen LogP contribution in [0.15, 0.2) is 291 Å². The second-order valence-electron chi connectivity index (χ2n) is 36.7. The smallest absolute Gasteiger partial charge is 0.119 e. The molecule has 714 valence electrons. The molecule has 0 saturated heterocycles. The predicted molar refractivity (Wildman–Crippen MR) is 602 cm³/mol. The average molecular weight is 1830 g/mol. The molecular weight excluding hydrogens is 1680 g/mol. The van der Waals surface area contributed by atoms with Crippen LogP contribution < -0.4 is 28.4 Å². The summed E-state index contributed by atoms with van der Waals surface area (Å²) in [7, 11) is 0. The molecule has 0 N–H and O–H groups in total. The van der Waals surface area contributed by atoms with Gasteiger partial charge in [-0.3, -0.25) is 0 Å². The molecule has 0 aliphatic heterocycles. The molecule has 15 aromatic rings. The van der Waals surface area contributed by atoms with Gasteiger partial charge in [-0.05, 0) is 243 Å². The third-order valence-corrected chi connectivity index (χ3v) is 26.1. The van der Waals surface area contributed by atoms with E-state index in [0.29, 0.717) is 0 Å². The number of unbranched alkanes of at least 4 members (excludes halogenated alkanes) is 24. The number of rotatable bonds is 54. The molecule has 0 heterocycles. The number of fused-ring (bicyclic) bond motifs is 6. The minimum absolute atomic E-state index is 0.788. The fraction of sp³-hybridized carbons (Fsp3) is 0.318. The van der Waals surface area contributed by atoms with Crippen LogP contribution in [-0.4, -0.2) is 39.6 Å². The van der Waals surface area contributed by atoms with Crippen molar-refractivity contribution < 1.29 is 28.4 Å². The molecule has 138 heavy (non-hydrogen) atoms. The lowest BCUT2D eigenvalue weighted by atomic mass is 9.91. The SMILES string of the molecule is CCCCCCCOc1ccc(/C=C/c2c3ccccc3c(/C=C/c3ccc(OCCCCCCC)cc3)c3ccccc23)cc1.CCCCCCCOc1ccc(/C=C/c2c3ccccc3c(/C=C/c3ccc(OCCCCCCC)cc3)c3ccccc23)cc1.CCCCCCCOc1ccc(/C=C/c2c3ccccc3c(/C=C/c3ccc(OCCCCCCC)cc3)c3ccccc23)cc1. The van der Waals surface area contributed by atoms with Gasteiger partial charge in [0.2, 0.25) is 0 Å². The maximum Gasteiger partial charge on any atom is 0.119 e. The minimum Gasteiger partial charge on any atom is -0.494 e. The Morgan fingerprint density at radius 3 is 0.362 bits per heavy atom. The van der Waals surface area contributed by atoms with Crippen molar-refractivity contribution in [2.75, 3.05) is 39.6 Å². The molecule has 0 aliphatic rings. The van der Waals surface area contributed by atoms with Gasteiger partial charge < -0.3 is 28.4 Å². The topological polar surface area (TPSA) is 55.4 Å². The first-order valence-electron chi connectivity index (χ1n) is 52.6. The molecule has 0 amide bonds. The lowest BCUT2D eigenvalue weighted by Crippen LogP contribution is -1.97. The Hall–Kier alpha value is -12.9. The summed E-state index contributed by atoms with van der Waals surface area (Å²) in [5.41, 5.74) is 14.4. The first-order valence-corrected chi connectivity index (χ1v) is 52.6. The Labute approximate surface area is 826 Å². The highest BCUT2D eigenvalue weighted by Crippen LogP contribution is 2.40. The van der Waals surface area contributed by atoms with E-state index in [0.717, 1.165) is 146 Å². The summed E-state index contributed by atoms with van der Waals surface area (Å²) in [6, 6.07) is 103. The molecule has 0 fully saturated rings.